The fraction of sp³-hybridized carbons (Fsp3) is 0.0435. The van der Waals surface area contributed by atoms with Crippen LogP contribution in [-0.2, 0) is 9.59 Å². The predicted molar refractivity (Wildman–Crippen MR) is 116 cm³/mol. The number of aliphatic hydroxyl groups is 1. The van der Waals surface area contributed by atoms with Crippen molar-refractivity contribution >= 4 is 40.4 Å². The maximum absolute atomic E-state index is 13.0. The summed E-state index contributed by atoms with van der Waals surface area (Å²) in [4.78, 5) is 37.6. The van der Waals surface area contributed by atoms with Crippen molar-refractivity contribution < 1.29 is 19.6 Å². The fourth-order valence-corrected chi connectivity index (χ4v) is 3.67. The molecule has 3 aromatic rings. The molecule has 0 radical (unpaired) electrons. The smallest absolute Gasteiger partial charge is 0.300 e. The monoisotopic (exact) mass is 434 g/mol. The second-order valence-corrected chi connectivity index (χ2v) is 7.30. The van der Waals surface area contributed by atoms with Gasteiger partial charge in [-0.2, -0.15) is 0 Å². The summed E-state index contributed by atoms with van der Waals surface area (Å²) in [6.45, 7) is 0. The average molecular weight is 435 g/mol. The van der Waals surface area contributed by atoms with Gasteiger partial charge in [-0.3, -0.25) is 24.6 Å². The largest absolute Gasteiger partial charge is 0.507 e. The van der Waals surface area contributed by atoms with Crippen molar-refractivity contribution in [3.63, 3.8) is 0 Å². The molecule has 7 nitrogen and oxygen atoms in total. The van der Waals surface area contributed by atoms with Gasteiger partial charge in [-0.25, -0.2) is 0 Å². The van der Waals surface area contributed by atoms with Crippen LogP contribution in [0.1, 0.15) is 17.2 Å². The number of carbonyl (C=O) groups excluding carboxylic acids is 2. The Bertz CT molecular complexity index is 1200. The summed E-state index contributed by atoms with van der Waals surface area (Å²) in [5.74, 6) is -2.04. The summed E-state index contributed by atoms with van der Waals surface area (Å²) >= 11 is 6.00. The van der Waals surface area contributed by atoms with Crippen molar-refractivity contribution in [3.05, 3.63) is 111 Å². The first-order chi connectivity index (χ1) is 14.9. The van der Waals surface area contributed by atoms with Crippen LogP contribution in [0.15, 0.2) is 84.4 Å². The third kappa shape index (κ3) is 3.67. The number of aliphatic hydroxyl groups excluding tert-OH is 1. The minimum atomic E-state index is -0.894. The van der Waals surface area contributed by atoms with Crippen LogP contribution >= 0.6 is 11.6 Å². The third-order valence-electron chi connectivity index (χ3n) is 5.02. The van der Waals surface area contributed by atoms with Crippen LogP contribution in [0.4, 0.5) is 11.4 Å². The number of Topliss-reactive ketones (excluding diaryl/α,β-unsaturated/α-hetero) is 1. The van der Waals surface area contributed by atoms with E-state index in [0.717, 1.165) is 0 Å². The number of benzene rings is 3. The Labute approximate surface area is 182 Å². The molecule has 1 fully saturated rings. The molecule has 3 aromatic carbocycles. The van der Waals surface area contributed by atoms with Gasteiger partial charge < -0.3 is 5.11 Å². The molecule has 1 saturated heterocycles. The first kappa shape index (κ1) is 20.3. The Balaban J connectivity index is 1.91. The van der Waals surface area contributed by atoms with Crippen LogP contribution < -0.4 is 4.90 Å². The highest BCUT2D eigenvalue weighted by Crippen LogP contribution is 2.42. The van der Waals surface area contributed by atoms with Crippen LogP contribution in [0.2, 0.25) is 5.02 Å². The number of para-hydroxylation sites is 1. The first-order valence-corrected chi connectivity index (χ1v) is 9.62. The van der Waals surface area contributed by atoms with E-state index in [1.54, 1.807) is 54.6 Å². The number of nitrogens with zero attached hydrogens (tertiary/aromatic N) is 2. The van der Waals surface area contributed by atoms with Gasteiger partial charge in [0, 0.05) is 28.4 Å². The van der Waals surface area contributed by atoms with Crippen molar-refractivity contribution in [2.75, 3.05) is 4.90 Å². The maximum Gasteiger partial charge on any atom is 0.300 e. The van der Waals surface area contributed by atoms with Crippen molar-refractivity contribution in [1.82, 2.24) is 0 Å². The molecule has 1 aliphatic rings. The molecule has 0 spiro atoms. The molecule has 4 rings (SSSR count). The van der Waals surface area contributed by atoms with E-state index in [2.05, 4.69) is 0 Å². The molecule has 0 bridgehead atoms. The number of amides is 1. The van der Waals surface area contributed by atoms with Crippen LogP contribution in [0.25, 0.3) is 5.76 Å². The Morgan fingerprint density at radius 1 is 0.935 bits per heavy atom. The van der Waals surface area contributed by atoms with Gasteiger partial charge >= 0.3 is 0 Å². The Morgan fingerprint density at radius 2 is 1.55 bits per heavy atom. The van der Waals surface area contributed by atoms with E-state index in [9.17, 15) is 24.8 Å². The summed E-state index contributed by atoms with van der Waals surface area (Å²) in [5.41, 5.74) is 0.999. The number of hydrogen-bond acceptors (Lipinski definition) is 5. The highest BCUT2D eigenvalue weighted by molar-refractivity contribution is 6.51. The number of rotatable bonds is 4. The number of nitro benzene ring substituents is 1. The third-order valence-corrected chi connectivity index (χ3v) is 5.27. The lowest BCUT2D eigenvalue weighted by molar-refractivity contribution is -0.384. The number of carbonyl (C=O) groups is 2. The van der Waals surface area contributed by atoms with E-state index in [4.69, 9.17) is 11.6 Å². The number of ketones is 1. The zero-order valence-corrected chi connectivity index (χ0v) is 16.7. The van der Waals surface area contributed by atoms with Gasteiger partial charge in [0.2, 0.25) is 0 Å². The van der Waals surface area contributed by atoms with Gasteiger partial charge in [-0.1, -0.05) is 41.9 Å². The zero-order valence-electron chi connectivity index (χ0n) is 15.9. The lowest BCUT2D eigenvalue weighted by Gasteiger charge is -2.25. The summed E-state index contributed by atoms with van der Waals surface area (Å²) in [5, 5.41) is 22.4. The predicted octanol–water partition coefficient (Wildman–Crippen LogP) is 4.87. The highest BCUT2D eigenvalue weighted by atomic mass is 35.5. The quantitative estimate of drug-likeness (QED) is 0.207. The fourth-order valence-electron chi connectivity index (χ4n) is 3.54. The first-order valence-electron chi connectivity index (χ1n) is 9.25. The van der Waals surface area contributed by atoms with Crippen molar-refractivity contribution in [3.8, 4) is 0 Å². The summed E-state index contributed by atoms with van der Waals surface area (Å²) in [7, 11) is 0. The lowest BCUT2D eigenvalue weighted by atomic mass is 9.95. The molecule has 1 N–H and O–H groups in total. The van der Waals surface area contributed by atoms with Crippen molar-refractivity contribution in [2.24, 2.45) is 0 Å². The van der Waals surface area contributed by atoms with Gasteiger partial charge in [0.25, 0.3) is 17.4 Å². The molecule has 1 aliphatic heterocycles. The van der Waals surface area contributed by atoms with E-state index in [1.165, 1.54) is 29.2 Å². The van der Waals surface area contributed by atoms with Crippen LogP contribution in [-0.4, -0.2) is 21.7 Å². The van der Waals surface area contributed by atoms with Gasteiger partial charge in [-0.15, -0.1) is 0 Å². The Kier molecular flexibility index (Phi) is 5.27. The van der Waals surface area contributed by atoms with Crippen molar-refractivity contribution in [2.45, 2.75) is 6.04 Å². The summed E-state index contributed by atoms with van der Waals surface area (Å²) in [6.07, 6.45) is 0. The van der Waals surface area contributed by atoms with E-state index in [1.807, 2.05) is 0 Å². The van der Waals surface area contributed by atoms with E-state index >= 15 is 0 Å². The van der Waals surface area contributed by atoms with Crippen LogP contribution in [0, 0.1) is 10.1 Å². The molecule has 1 atom stereocenters. The molecule has 0 aromatic heterocycles. The normalized spacial score (nSPS) is 17.7. The molecule has 0 saturated carbocycles. The zero-order chi connectivity index (χ0) is 22.1. The molecule has 0 unspecified atom stereocenters. The van der Waals surface area contributed by atoms with Crippen LogP contribution in [0.5, 0.6) is 0 Å². The number of nitro groups is 1. The van der Waals surface area contributed by atoms with E-state index in [-0.39, 0.29) is 16.8 Å². The average Bonchev–Trinajstić information content (AvgIpc) is 3.05. The molecule has 31 heavy (non-hydrogen) atoms. The number of anilines is 1. The minimum absolute atomic E-state index is 0.106. The molecular formula is C23H15ClN2O5. The van der Waals surface area contributed by atoms with Crippen molar-refractivity contribution in [1.29, 1.82) is 0 Å². The highest BCUT2D eigenvalue weighted by Gasteiger charge is 2.46. The minimum Gasteiger partial charge on any atom is -0.507 e. The Hall–Kier alpha value is -3.97. The van der Waals surface area contributed by atoms with Gasteiger partial charge in [0.15, 0.2) is 0 Å². The summed E-state index contributed by atoms with van der Waals surface area (Å²) in [6, 6.07) is 19.5. The molecular weight excluding hydrogens is 420 g/mol. The maximum atomic E-state index is 13.0. The Morgan fingerprint density at radius 3 is 2.13 bits per heavy atom. The number of non-ortho nitro benzene ring substituents is 1. The molecule has 8 heteroatoms. The van der Waals surface area contributed by atoms with E-state index < -0.39 is 28.4 Å². The van der Waals surface area contributed by atoms with Gasteiger partial charge in [-0.05, 0) is 42.0 Å². The molecule has 1 amide bonds. The number of hydrogen-bond donors (Lipinski definition) is 1. The molecule has 0 aliphatic carbocycles. The molecule has 154 valence electrons. The number of halogens is 1. The van der Waals surface area contributed by atoms with Gasteiger partial charge in [0.1, 0.15) is 5.76 Å². The lowest BCUT2D eigenvalue weighted by Crippen LogP contribution is -2.29. The topological polar surface area (TPSA) is 101 Å². The van der Waals surface area contributed by atoms with E-state index in [0.29, 0.717) is 16.3 Å². The van der Waals surface area contributed by atoms with Gasteiger partial charge in [0.05, 0.1) is 16.5 Å². The second-order valence-electron chi connectivity index (χ2n) is 6.86. The molecule has 1 heterocycles. The standard InChI is InChI=1S/C23H15ClN2O5/c24-16-10-6-14(7-11-16)20-19(21(27)15-8-12-18(13-9-15)26(30)31)22(28)23(29)25(20)17-4-2-1-3-5-17/h1-13,20,27H/t20-/m0/s1. The van der Waals surface area contributed by atoms with Crippen LogP contribution in [0.3, 0.4) is 0 Å². The summed E-state index contributed by atoms with van der Waals surface area (Å²) < 4.78 is 0. The second kappa shape index (κ2) is 8.04. The SMILES string of the molecule is O=C1C(=O)N(c2ccccc2)[C@@H](c2ccc(Cl)cc2)C1=C(O)c1ccc([N+](=O)[O-])cc1.